The molecule has 2 amide bonds. The molecular weight excluding hydrogens is 312 g/mol. The first kappa shape index (κ1) is 19.5. The van der Waals surface area contributed by atoms with Gasteiger partial charge in [0.1, 0.15) is 18.2 Å². The van der Waals surface area contributed by atoms with E-state index in [1.54, 1.807) is 32.9 Å². The first-order chi connectivity index (χ1) is 11.1. The zero-order valence-corrected chi connectivity index (χ0v) is 14.4. The van der Waals surface area contributed by atoms with Crippen LogP contribution in [0, 0.1) is 0 Å². The maximum Gasteiger partial charge on any atom is 0.410 e. The standard InChI is InChI=1S/C17H24N2O5/c1-17(2,3)24-14(20)10-13(15(18)21)19(4)16(22)23-11-12-8-6-5-7-9-12/h5-9,13H,10-11H2,1-4H3,(H2,18,21)/t13-/m0/s1. The molecule has 132 valence electrons. The number of amides is 2. The molecule has 1 atom stereocenters. The summed E-state index contributed by atoms with van der Waals surface area (Å²) in [5.41, 5.74) is 5.42. The molecule has 0 heterocycles. The topological polar surface area (TPSA) is 98.9 Å². The molecule has 2 N–H and O–H groups in total. The van der Waals surface area contributed by atoms with E-state index < -0.39 is 29.6 Å². The van der Waals surface area contributed by atoms with E-state index in [0.717, 1.165) is 10.5 Å². The Hall–Kier alpha value is -2.57. The second kappa shape index (κ2) is 8.33. The van der Waals surface area contributed by atoms with Gasteiger partial charge in [0.05, 0.1) is 6.42 Å². The van der Waals surface area contributed by atoms with Crippen LogP contribution in [-0.2, 0) is 25.7 Å². The highest BCUT2D eigenvalue weighted by Gasteiger charge is 2.30. The van der Waals surface area contributed by atoms with Crippen LogP contribution in [0.15, 0.2) is 30.3 Å². The van der Waals surface area contributed by atoms with E-state index in [9.17, 15) is 14.4 Å². The van der Waals surface area contributed by atoms with Crippen LogP contribution in [0.1, 0.15) is 32.8 Å². The van der Waals surface area contributed by atoms with E-state index >= 15 is 0 Å². The molecular formula is C17H24N2O5. The Labute approximate surface area is 141 Å². The number of likely N-dealkylation sites (N-methyl/N-ethyl adjacent to an activating group) is 1. The van der Waals surface area contributed by atoms with Crippen molar-refractivity contribution in [2.45, 2.75) is 45.4 Å². The van der Waals surface area contributed by atoms with Crippen molar-refractivity contribution in [2.75, 3.05) is 7.05 Å². The third-order valence-electron chi connectivity index (χ3n) is 3.07. The molecule has 0 aliphatic carbocycles. The van der Waals surface area contributed by atoms with Gasteiger partial charge in [0.25, 0.3) is 0 Å². The molecule has 1 aromatic carbocycles. The Morgan fingerprint density at radius 1 is 1.17 bits per heavy atom. The molecule has 0 aromatic heterocycles. The van der Waals surface area contributed by atoms with Crippen LogP contribution in [0.5, 0.6) is 0 Å². The van der Waals surface area contributed by atoms with Gasteiger partial charge in [-0.3, -0.25) is 14.5 Å². The van der Waals surface area contributed by atoms with Gasteiger partial charge in [-0.25, -0.2) is 4.79 Å². The number of hydrogen-bond donors (Lipinski definition) is 1. The summed E-state index contributed by atoms with van der Waals surface area (Å²) >= 11 is 0. The maximum absolute atomic E-state index is 12.1. The fraction of sp³-hybridized carbons (Fsp3) is 0.471. The molecule has 1 rings (SSSR count). The average molecular weight is 336 g/mol. The van der Waals surface area contributed by atoms with E-state index in [1.165, 1.54) is 7.05 Å². The summed E-state index contributed by atoms with van der Waals surface area (Å²) in [4.78, 5) is 36.5. The molecule has 0 spiro atoms. The lowest BCUT2D eigenvalue weighted by Gasteiger charge is -2.26. The summed E-state index contributed by atoms with van der Waals surface area (Å²) in [7, 11) is 1.35. The molecule has 0 radical (unpaired) electrons. The number of benzene rings is 1. The molecule has 7 nitrogen and oxygen atoms in total. The van der Waals surface area contributed by atoms with Gasteiger partial charge in [0.2, 0.25) is 5.91 Å². The van der Waals surface area contributed by atoms with Crippen LogP contribution >= 0.6 is 0 Å². The van der Waals surface area contributed by atoms with E-state index in [1.807, 2.05) is 18.2 Å². The first-order valence-electron chi connectivity index (χ1n) is 7.55. The van der Waals surface area contributed by atoms with Crippen LogP contribution in [0.2, 0.25) is 0 Å². The minimum absolute atomic E-state index is 0.0575. The predicted molar refractivity (Wildman–Crippen MR) is 87.8 cm³/mol. The molecule has 7 heteroatoms. The van der Waals surface area contributed by atoms with Crippen molar-refractivity contribution < 1.29 is 23.9 Å². The predicted octanol–water partition coefficient (Wildman–Crippen LogP) is 1.84. The van der Waals surface area contributed by atoms with E-state index in [0.29, 0.717) is 0 Å². The Kier molecular flexibility index (Phi) is 6.76. The lowest BCUT2D eigenvalue weighted by Crippen LogP contribution is -2.47. The number of nitrogens with zero attached hydrogens (tertiary/aromatic N) is 1. The SMILES string of the molecule is CN(C(=O)OCc1ccccc1)[C@@H](CC(=O)OC(C)(C)C)C(N)=O. The summed E-state index contributed by atoms with van der Waals surface area (Å²) in [5.74, 6) is -1.42. The van der Waals surface area contributed by atoms with Gasteiger partial charge in [0, 0.05) is 7.05 Å². The molecule has 0 aliphatic heterocycles. The minimum atomic E-state index is -1.14. The van der Waals surface area contributed by atoms with Gasteiger partial charge in [-0.15, -0.1) is 0 Å². The number of carbonyl (C=O) groups excluding carboxylic acids is 3. The highest BCUT2D eigenvalue weighted by molar-refractivity contribution is 5.88. The van der Waals surface area contributed by atoms with Crippen molar-refractivity contribution in [1.29, 1.82) is 0 Å². The average Bonchev–Trinajstić information content (AvgIpc) is 2.48. The smallest absolute Gasteiger partial charge is 0.410 e. The molecule has 0 saturated heterocycles. The van der Waals surface area contributed by atoms with Gasteiger partial charge in [-0.05, 0) is 26.3 Å². The quantitative estimate of drug-likeness (QED) is 0.799. The van der Waals surface area contributed by atoms with Crippen molar-refractivity contribution in [3.63, 3.8) is 0 Å². The van der Waals surface area contributed by atoms with Crippen LogP contribution < -0.4 is 5.73 Å². The first-order valence-corrected chi connectivity index (χ1v) is 7.55. The Morgan fingerprint density at radius 3 is 2.25 bits per heavy atom. The number of hydrogen-bond acceptors (Lipinski definition) is 5. The van der Waals surface area contributed by atoms with Crippen LogP contribution in [0.4, 0.5) is 4.79 Å². The summed E-state index contributed by atoms with van der Waals surface area (Å²) in [6.45, 7) is 5.19. The third kappa shape index (κ3) is 6.68. The lowest BCUT2D eigenvalue weighted by molar-refractivity contribution is -0.157. The summed E-state index contributed by atoms with van der Waals surface area (Å²) in [5, 5.41) is 0. The Balaban J connectivity index is 2.64. The minimum Gasteiger partial charge on any atom is -0.460 e. The number of primary amides is 1. The summed E-state index contributed by atoms with van der Waals surface area (Å²) in [6, 6.07) is 7.96. The zero-order chi connectivity index (χ0) is 18.3. The normalized spacial score (nSPS) is 12.2. The molecule has 1 aromatic rings. The van der Waals surface area contributed by atoms with Gasteiger partial charge < -0.3 is 15.2 Å². The molecule has 0 aliphatic rings. The molecule has 0 saturated carbocycles. The molecule has 0 bridgehead atoms. The Morgan fingerprint density at radius 2 is 1.75 bits per heavy atom. The van der Waals surface area contributed by atoms with Gasteiger partial charge in [-0.2, -0.15) is 0 Å². The molecule has 0 fully saturated rings. The summed E-state index contributed by atoms with van der Waals surface area (Å²) < 4.78 is 10.3. The monoisotopic (exact) mass is 336 g/mol. The van der Waals surface area contributed by atoms with Gasteiger partial charge in [-0.1, -0.05) is 30.3 Å². The second-order valence-electron chi connectivity index (χ2n) is 6.36. The second-order valence-corrected chi connectivity index (χ2v) is 6.36. The highest BCUT2D eigenvalue weighted by Crippen LogP contribution is 2.12. The molecule has 24 heavy (non-hydrogen) atoms. The third-order valence-corrected chi connectivity index (χ3v) is 3.07. The van der Waals surface area contributed by atoms with Crippen LogP contribution in [0.3, 0.4) is 0 Å². The fourth-order valence-corrected chi connectivity index (χ4v) is 1.92. The lowest BCUT2D eigenvalue weighted by atomic mass is 10.1. The maximum atomic E-state index is 12.1. The number of nitrogens with two attached hydrogens (primary N) is 1. The van der Waals surface area contributed by atoms with Crippen LogP contribution in [0.25, 0.3) is 0 Å². The largest absolute Gasteiger partial charge is 0.460 e. The van der Waals surface area contributed by atoms with Gasteiger partial charge >= 0.3 is 12.1 Å². The van der Waals surface area contributed by atoms with Crippen molar-refractivity contribution >= 4 is 18.0 Å². The van der Waals surface area contributed by atoms with Crippen molar-refractivity contribution in [3.8, 4) is 0 Å². The van der Waals surface area contributed by atoms with E-state index in [2.05, 4.69) is 0 Å². The Bertz CT molecular complexity index is 580. The summed E-state index contributed by atoms with van der Waals surface area (Å²) in [6.07, 6.45) is -1.07. The fourth-order valence-electron chi connectivity index (χ4n) is 1.92. The van der Waals surface area contributed by atoms with Gasteiger partial charge in [0.15, 0.2) is 0 Å². The van der Waals surface area contributed by atoms with Crippen molar-refractivity contribution in [1.82, 2.24) is 4.90 Å². The van der Waals surface area contributed by atoms with Crippen LogP contribution in [-0.4, -0.2) is 41.6 Å². The number of rotatable bonds is 6. The van der Waals surface area contributed by atoms with E-state index in [4.69, 9.17) is 15.2 Å². The van der Waals surface area contributed by atoms with Crippen molar-refractivity contribution in [3.05, 3.63) is 35.9 Å². The number of ether oxygens (including phenoxy) is 2. The highest BCUT2D eigenvalue weighted by atomic mass is 16.6. The van der Waals surface area contributed by atoms with Crippen molar-refractivity contribution in [2.24, 2.45) is 5.73 Å². The number of carbonyl (C=O) groups is 3. The number of esters is 1. The zero-order valence-electron chi connectivity index (χ0n) is 14.4. The van der Waals surface area contributed by atoms with E-state index in [-0.39, 0.29) is 13.0 Å². The molecule has 0 unspecified atom stereocenters.